The van der Waals surface area contributed by atoms with Gasteiger partial charge in [-0.05, 0) is 46.6 Å². The fourth-order valence-electron chi connectivity index (χ4n) is 2.37. The molecular formula is C14H23N3OS. The van der Waals surface area contributed by atoms with Crippen molar-refractivity contribution in [2.24, 2.45) is 0 Å². The van der Waals surface area contributed by atoms with Crippen LogP contribution in [0.25, 0.3) is 0 Å². The van der Waals surface area contributed by atoms with Gasteiger partial charge in [-0.15, -0.1) is 11.3 Å². The lowest BCUT2D eigenvalue weighted by atomic mass is 10.0. The van der Waals surface area contributed by atoms with Gasteiger partial charge in [0.15, 0.2) is 0 Å². The summed E-state index contributed by atoms with van der Waals surface area (Å²) >= 11 is 1.82. The number of rotatable bonds is 5. The number of thiazole rings is 1. The molecule has 0 saturated carbocycles. The highest BCUT2D eigenvalue weighted by atomic mass is 32.1. The van der Waals surface area contributed by atoms with E-state index >= 15 is 0 Å². The highest BCUT2D eigenvalue weighted by Crippen LogP contribution is 2.27. The molecule has 1 amide bonds. The molecule has 0 fully saturated rings. The zero-order valence-corrected chi connectivity index (χ0v) is 12.8. The monoisotopic (exact) mass is 281 g/mol. The van der Waals surface area contributed by atoms with Gasteiger partial charge in [0.25, 0.3) is 0 Å². The number of carbonyl (C=O) groups is 1. The van der Waals surface area contributed by atoms with Gasteiger partial charge in [0.1, 0.15) is 5.01 Å². The predicted molar refractivity (Wildman–Crippen MR) is 78.4 cm³/mol. The normalized spacial score (nSPS) is 14.8. The smallest absolute Gasteiger partial charge is 0.234 e. The average molecular weight is 281 g/mol. The zero-order chi connectivity index (χ0) is 13.8. The number of hydrogen-bond acceptors (Lipinski definition) is 4. The van der Waals surface area contributed by atoms with E-state index in [0.29, 0.717) is 6.54 Å². The van der Waals surface area contributed by atoms with Crippen molar-refractivity contribution in [3.8, 4) is 0 Å². The van der Waals surface area contributed by atoms with Crippen LogP contribution < -0.4 is 5.32 Å². The van der Waals surface area contributed by atoms with Crippen LogP contribution in [0, 0.1) is 0 Å². The Kier molecular flexibility index (Phi) is 4.93. The summed E-state index contributed by atoms with van der Waals surface area (Å²) in [6.45, 7) is 5.16. The van der Waals surface area contributed by atoms with Gasteiger partial charge in [-0.2, -0.15) is 0 Å². The summed E-state index contributed by atoms with van der Waals surface area (Å²) < 4.78 is 0. The van der Waals surface area contributed by atoms with Crippen LogP contribution >= 0.6 is 11.3 Å². The first-order valence-corrected chi connectivity index (χ1v) is 7.81. The number of aromatic nitrogens is 1. The molecular weight excluding hydrogens is 258 g/mol. The number of likely N-dealkylation sites (N-methyl/N-ethyl adjacent to an activating group) is 1. The molecule has 0 saturated heterocycles. The summed E-state index contributed by atoms with van der Waals surface area (Å²) in [4.78, 5) is 19.9. The van der Waals surface area contributed by atoms with Crippen molar-refractivity contribution in [2.75, 3.05) is 13.6 Å². The minimum atomic E-state index is 0.0822. The van der Waals surface area contributed by atoms with E-state index in [9.17, 15) is 4.79 Å². The molecule has 1 heterocycles. The van der Waals surface area contributed by atoms with Crippen LogP contribution in [-0.4, -0.2) is 35.4 Å². The third-order valence-corrected chi connectivity index (χ3v) is 4.30. The van der Waals surface area contributed by atoms with Crippen LogP contribution in [0.15, 0.2) is 0 Å². The van der Waals surface area contributed by atoms with Crippen LogP contribution in [0.1, 0.15) is 42.3 Å². The summed E-state index contributed by atoms with van der Waals surface area (Å²) in [5.74, 6) is 0.0822. The van der Waals surface area contributed by atoms with Crippen LogP contribution in [-0.2, 0) is 24.2 Å². The zero-order valence-electron chi connectivity index (χ0n) is 12.0. The molecule has 0 unspecified atom stereocenters. The Labute approximate surface area is 119 Å². The largest absolute Gasteiger partial charge is 0.353 e. The van der Waals surface area contributed by atoms with Gasteiger partial charge in [-0.25, -0.2) is 4.98 Å². The molecule has 0 aliphatic heterocycles. The maximum absolute atomic E-state index is 11.7. The Morgan fingerprint density at radius 3 is 2.84 bits per heavy atom. The second-order valence-electron chi connectivity index (χ2n) is 5.58. The van der Waals surface area contributed by atoms with E-state index in [0.717, 1.165) is 18.0 Å². The molecule has 5 heteroatoms. The summed E-state index contributed by atoms with van der Waals surface area (Å²) in [5, 5.41) is 4.06. The Morgan fingerprint density at radius 1 is 1.42 bits per heavy atom. The van der Waals surface area contributed by atoms with Crippen molar-refractivity contribution in [1.82, 2.24) is 15.2 Å². The quantitative estimate of drug-likeness (QED) is 0.897. The molecule has 1 aromatic heterocycles. The Balaban J connectivity index is 1.86. The van der Waals surface area contributed by atoms with Crippen LogP contribution in [0.5, 0.6) is 0 Å². The number of hydrogen-bond donors (Lipinski definition) is 1. The number of carbonyl (C=O) groups excluding carboxylic acids is 1. The van der Waals surface area contributed by atoms with E-state index in [1.807, 2.05) is 37.1 Å². The van der Waals surface area contributed by atoms with Crippen LogP contribution in [0.4, 0.5) is 0 Å². The first-order chi connectivity index (χ1) is 9.04. The van der Waals surface area contributed by atoms with E-state index in [4.69, 9.17) is 4.98 Å². The van der Waals surface area contributed by atoms with Crippen molar-refractivity contribution in [2.45, 2.75) is 52.1 Å². The summed E-state index contributed by atoms with van der Waals surface area (Å²) in [7, 11) is 1.97. The van der Waals surface area contributed by atoms with Gasteiger partial charge < -0.3 is 5.32 Å². The molecule has 2 rings (SSSR count). The van der Waals surface area contributed by atoms with Gasteiger partial charge in [0.2, 0.25) is 5.91 Å². The van der Waals surface area contributed by atoms with Gasteiger partial charge in [0.05, 0.1) is 18.8 Å². The minimum Gasteiger partial charge on any atom is -0.353 e. The lowest BCUT2D eigenvalue weighted by Gasteiger charge is -2.16. The van der Waals surface area contributed by atoms with Gasteiger partial charge in [-0.1, -0.05) is 0 Å². The van der Waals surface area contributed by atoms with Crippen molar-refractivity contribution in [3.05, 3.63) is 15.6 Å². The third kappa shape index (κ3) is 4.28. The first-order valence-electron chi connectivity index (χ1n) is 7.00. The fourth-order valence-corrected chi connectivity index (χ4v) is 3.61. The molecule has 1 aromatic rings. The van der Waals surface area contributed by atoms with Crippen molar-refractivity contribution >= 4 is 17.2 Å². The second-order valence-corrected chi connectivity index (χ2v) is 6.75. The maximum Gasteiger partial charge on any atom is 0.234 e. The minimum absolute atomic E-state index is 0.0822. The van der Waals surface area contributed by atoms with Crippen molar-refractivity contribution < 1.29 is 4.79 Å². The third-order valence-electron chi connectivity index (χ3n) is 3.16. The summed E-state index contributed by atoms with van der Waals surface area (Å²) in [6.07, 6.45) is 4.87. The molecule has 0 atom stereocenters. The number of nitrogens with one attached hydrogen (secondary N) is 1. The topological polar surface area (TPSA) is 45.2 Å². The fraction of sp³-hybridized carbons (Fsp3) is 0.714. The van der Waals surface area contributed by atoms with Crippen molar-refractivity contribution in [3.63, 3.8) is 0 Å². The second kappa shape index (κ2) is 6.48. The standard InChI is InChI=1S/C14H23N3OS/c1-10(2)15-13(18)8-17(3)9-14-16-11-6-4-5-7-12(11)19-14/h10H,4-9H2,1-3H3,(H,15,18). The highest BCUT2D eigenvalue weighted by molar-refractivity contribution is 7.11. The molecule has 1 aliphatic carbocycles. The van der Waals surface area contributed by atoms with E-state index in [1.165, 1.54) is 29.8 Å². The lowest BCUT2D eigenvalue weighted by Crippen LogP contribution is -2.38. The molecule has 1 N–H and O–H groups in total. The molecule has 106 valence electrons. The Morgan fingerprint density at radius 2 is 2.16 bits per heavy atom. The number of fused-ring (bicyclic) bond motifs is 1. The predicted octanol–water partition coefficient (Wildman–Crippen LogP) is 1.98. The number of aryl methyl sites for hydroxylation is 2. The number of nitrogens with zero attached hydrogens (tertiary/aromatic N) is 2. The molecule has 0 bridgehead atoms. The Bertz CT molecular complexity index is 418. The Hall–Kier alpha value is -0.940. The van der Waals surface area contributed by atoms with E-state index in [1.54, 1.807) is 0 Å². The molecule has 1 aliphatic rings. The average Bonchev–Trinajstić information content (AvgIpc) is 2.68. The maximum atomic E-state index is 11.7. The molecule has 0 radical (unpaired) electrons. The molecule has 0 aromatic carbocycles. The summed E-state index contributed by atoms with van der Waals surface area (Å²) in [5.41, 5.74) is 1.30. The van der Waals surface area contributed by atoms with Crippen LogP contribution in [0.2, 0.25) is 0 Å². The van der Waals surface area contributed by atoms with Crippen LogP contribution in [0.3, 0.4) is 0 Å². The first kappa shape index (κ1) is 14.5. The molecule has 19 heavy (non-hydrogen) atoms. The van der Waals surface area contributed by atoms with E-state index < -0.39 is 0 Å². The van der Waals surface area contributed by atoms with Crippen molar-refractivity contribution in [1.29, 1.82) is 0 Å². The highest BCUT2D eigenvalue weighted by Gasteiger charge is 2.16. The van der Waals surface area contributed by atoms with Gasteiger partial charge in [-0.3, -0.25) is 9.69 Å². The molecule has 0 spiro atoms. The number of amides is 1. The van der Waals surface area contributed by atoms with Gasteiger partial charge in [0, 0.05) is 10.9 Å². The van der Waals surface area contributed by atoms with Gasteiger partial charge >= 0.3 is 0 Å². The van der Waals surface area contributed by atoms with E-state index in [2.05, 4.69) is 5.32 Å². The van der Waals surface area contributed by atoms with E-state index in [-0.39, 0.29) is 11.9 Å². The SMILES string of the molecule is CC(C)NC(=O)CN(C)Cc1nc2c(s1)CCCC2. The molecule has 4 nitrogen and oxygen atoms in total. The lowest BCUT2D eigenvalue weighted by molar-refractivity contribution is -0.122. The summed E-state index contributed by atoms with van der Waals surface area (Å²) in [6, 6.07) is 0.202.